The largest absolute Gasteiger partial charge is 0.392 e. The summed E-state index contributed by atoms with van der Waals surface area (Å²) in [5, 5.41) is 8.59. The Morgan fingerprint density at radius 2 is 2.30 bits per heavy atom. The highest BCUT2D eigenvalue weighted by Crippen LogP contribution is 2.06. The van der Waals surface area contributed by atoms with Crippen molar-refractivity contribution in [3.8, 4) is 0 Å². The molecule has 1 heterocycles. The number of aliphatic hydroxyl groups excluding tert-OH is 1. The third-order valence-electron chi connectivity index (χ3n) is 1.01. The molecular weight excluding hydrogens is 248 g/mol. The van der Waals surface area contributed by atoms with Gasteiger partial charge in [-0.15, -0.1) is 0 Å². The number of pyridine rings is 1. The fourth-order valence-electron chi connectivity index (χ4n) is 0.606. The Labute approximate surface area is 71.2 Å². The quantitative estimate of drug-likeness (QED) is 0.604. The van der Waals surface area contributed by atoms with E-state index in [1.54, 1.807) is 6.07 Å². The molecule has 1 rings (SSSR count). The Hall–Kier alpha value is -0.230. The van der Waals surface area contributed by atoms with Crippen molar-refractivity contribution in [3.63, 3.8) is 0 Å². The SMILES string of the molecule is OCc1cc(F)nc(I)c1. The first-order chi connectivity index (χ1) is 4.72. The van der Waals surface area contributed by atoms with Crippen molar-refractivity contribution >= 4 is 22.6 Å². The van der Waals surface area contributed by atoms with E-state index in [4.69, 9.17) is 5.11 Å². The van der Waals surface area contributed by atoms with Gasteiger partial charge in [0.05, 0.1) is 6.61 Å². The lowest BCUT2D eigenvalue weighted by atomic mass is 10.3. The topological polar surface area (TPSA) is 33.1 Å². The van der Waals surface area contributed by atoms with E-state index in [2.05, 4.69) is 4.98 Å². The summed E-state index contributed by atoms with van der Waals surface area (Å²) in [6.07, 6.45) is 0. The first kappa shape index (κ1) is 7.87. The van der Waals surface area contributed by atoms with Crippen LogP contribution in [0.4, 0.5) is 4.39 Å². The van der Waals surface area contributed by atoms with Gasteiger partial charge >= 0.3 is 0 Å². The van der Waals surface area contributed by atoms with Gasteiger partial charge in [0, 0.05) is 0 Å². The molecule has 0 bridgehead atoms. The molecule has 0 aliphatic heterocycles. The Bertz CT molecular complexity index is 221. The summed E-state index contributed by atoms with van der Waals surface area (Å²) in [4.78, 5) is 3.49. The van der Waals surface area contributed by atoms with Crippen molar-refractivity contribution in [1.29, 1.82) is 0 Å². The average molecular weight is 253 g/mol. The van der Waals surface area contributed by atoms with Crippen molar-refractivity contribution < 1.29 is 9.50 Å². The number of aromatic nitrogens is 1. The van der Waals surface area contributed by atoms with Crippen LogP contribution in [0.15, 0.2) is 12.1 Å². The highest BCUT2D eigenvalue weighted by Gasteiger charge is 1.97. The summed E-state index contributed by atoms with van der Waals surface area (Å²) < 4.78 is 12.9. The van der Waals surface area contributed by atoms with Crippen LogP contribution in [-0.4, -0.2) is 10.1 Å². The van der Waals surface area contributed by atoms with Crippen LogP contribution in [0.1, 0.15) is 5.56 Å². The van der Waals surface area contributed by atoms with Crippen LogP contribution in [0.25, 0.3) is 0 Å². The maximum absolute atomic E-state index is 12.4. The third-order valence-corrected chi connectivity index (χ3v) is 1.56. The molecule has 0 atom stereocenters. The van der Waals surface area contributed by atoms with Gasteiger partial charge in [0.2, 0.25) is 5.95 Å². The zero-order valence-electron chi connectivity index (χ0n) is 5.01. The predicted molar refractivity (Wildman–Crippen MR) is 42.8 cm³/mol. The van der Waals surface area contributed by atoms with Crippen LogP contribution in [-0.2, 0) is 6.61 Å². The molecule has 0 saturated heterocycles. The molecule has 0 radical (unpaired) electrons. The lowest BCUT2D eigenvalue weighted by molar-refractivity contribution is 0.280. The molecule has 54 valence electrons. The monoisotopic (exact) mass is 253 g/mol. The summed E-state index contributed by atoms with van der Waals surface area (Å²) in [6.45, 7) is -0.143. The average Bonchev–Trinajstić information content (AvgIpc) is 1.85. The molecule has 1 aromatic rings. The minimum absolute atomic E-state index is 0.143. The van der Waals surface area contributed by atoms with E-state index in [0.717, 1.165) is 0 Å². The molecule has 0 saturated carbocycles. The van der Waals surface area contributed by atoms with Gasteiger partial charge in [-0.1, -0.05) is 0 Å². The molecule has 0 unspecified atom stereocenters. The van der Waals surface area contributed by atoms with E-state index in [1.807, 2.05) is 22.6 Å². The molecule has 0 aliphatic carbocycles. The summed E-state index contributed by atoms with van der Waals surface area (Å²) in [5.41, 5.74) is 0.553. The number of rotatable bonds is 1. The second kappa shape index (κ2) is 3.25. The van der Waals surface area contributed by atoms with Crippen LogP contribution in [0.2, 0.25) is 0 Å². The fraction of sp³-hybridized carbons (Fsp3) is 0.167. The molecule has 1 N–H and O–H groups in total. The summed E-state index contributed by atoms with van der Waals surface area (Å²) in [6, 6.07) is 2.84. The predicted octanol–water partition coefficient (Wildman–Crippen LogP) is 1.32. The van der Waals surface area contributed by atoms with Gasteiger partial charge in [-0.3, -0.25) is 0 Å². The van der Waals surface area contributed by atoms with E-state index in [-0.39, 0.29) is 6.61 Å². The van der Waals surface area contributed by atoms with Crippen LogP contribution in [0, 0.1) is 9.65 Å². The summed E-state index contributed by atoms with van der Waals surface area (Å²) >= 11 is 1.89. The van der Waals surface area contributed by atoms with Crippen LogP contribution >= 0.6 is 22.6 Å². The van der Waals surface area contributed by atoms with Crippen molar-refractivity contribution in [2.75, 3.05) is 0 Å². The fourth-order valence-corrected chi connectivity index (χ4v) is 1.24. The summed E-state index contributed by atoms with van der Waals surface area (Å²) in [7, 11) is 0. The molecule has 1 aromatic heterocycles. The Morgan fingerprint density at radius 1 is 1.60 bits per heavy atom. The Kier molecular flexibility index (Phi) is 2.56. The van der Waals surface area contributed by atoms with Gasteiger partial charge in [-0.2, -0.15) is 4.39 Å². The molecule has 4 heteroatoms. The first-order valence-corrected chi connectivity index (χ1v) is 3.73. The zero-order chi connectivity index (χ0) is 7.56. The minimum atomic E-state index is -0.545. The van der Waals surface area contributed by atoms with Gasteiger partial charge in [0.25, 0.3) is 0 Å². The maximum atomic E-state index is 12.4. The molecule has 2 nitrogen and oxygen atoms in total. The van der Waals surface area contributed by atoms with Gasteiger partial charge in [-0.25, -0.2) is 4.98 Å². The molecule has 0 amide bonds. The van der Waals surface area contributed by atoms with Crippen molar-refractivity contribution in [2.24, 2.45) is 0 Å². The smallest absolute Gasteiger partial charge is 0.214 e. The van der Waals surface area contributed by atoms with Crippen molar-refractivity contribution in [3.05, 3.63) is 27.3 Å². The Morgan fingerprint density at radius 3 is 2.80 bits per heavy atom. The van der Waals surface area contributed by atoms with Gasteiger partial charge < -0.3 is 5.11 Å². The number of hydrogen-bond donors (Lipinski definition) is 1. The second-order valence-corrected chi connectivity index (χ2v) is 2.88. The maximum Gasteiger partial charge on any atom is 0.214 e. The van der Waals surface area contributed by atoms with Gasteiger partial charge in [0.1, 0.15) is 3.70 Å². The minimum Gasteiger partial charge on any atom is -0.392 e. The normalized spacial score (nSPS) is 9.90. The highest BCUT2D eigenvalue weighted by atomic mass is 127. The van der Waals surface area contributed by atoms with Gasteiger partial charge in [0.15, 0.2) is 0 Å². The third kappa shape index (κ3) is 1.88. The van der Waals surface area contributed by atoms with Crippen LogP contribution < -0.4 is 0 Å². The van der Waals surface area contributed by atoms with E-state index < -0.39 is 5.95 Å². The highest BCUT2D eigenvalue weighted by molar-refractivity contribution is 14.1. The standard InChI is InChI=1S/C6H5FINO/c7-5-1-4(3-10)2-6(8)9-5/h1-2,10H,3H2. The Balaban J connectivity index is 3.06. The molecule has 0 fully saturated rings. The molecule has 0 aliphatic rings. The van der Waals surface area contributed by atoms with Crippen LogP contribution in [0.5, 0.6) is 0 Å². The van der Waals surface area contributed by atoms with E-state index in [9.17, 15) is 4.39 Å². The lowest BCUT2D eigenvalue weighted by Crippen LogP contribution is -1.91. The molecule has 0 aromatic carbocycles. The van der Waals surface area contributed by atoms with E-state index in [0.29, 0.717) is 9.26 Å². The number of hydrogen-bond acceptors (Lipinski definition) is 2. The van der Waals surface area contributed by atoms with E-state index in [1.165, 1.54) is 6.07 Å². The van der Waals surface area contributed by atoms with Crippen LogP contribution in [0.3, 0.4) is 0 Å². The van der Waals surface area contributed by atoms with Gasteiger partial charge in [-0.05, 0) is 40.3 Å². The van der Waals surface area contributed by atoms with E-state index >= 15 is 0 Å². The zero-order valence-corrected chi connectivity index (χ0v) is 7.17. The van der Waals surface area contributed by atoms with Crippen molar-refractivity contribution in [2.45, 2.75) is 6.61 Å². The molecular formula is C6H5FINO. The first-order valence-electron chi connectivity index (χ1n) is 2.65. The number of halogens is 2. The summed E-state index contributed by atoms with van der Waals surface area (Å²) in [5.74, 6) is -0.545. The molecule has 0 spiro atoms. The number of aliphatic hydroxyl groups is 1. The lowest BCUT2D eigenvalue weighted by Gasteiger charge is -1.95. The number of nitrogens with zero attached hydrogens (tertiary/aromatic N) is 1. The second-order valence-electron chi connectivity index (χ2n) is 1.78. The molecule has 10 heavy (non-hydrogen) atoms. The van der Waals surface area contributed by atoms with Crippen molar-refractivity contribution in [1.82, 2.24) is 4.98 Å².